The lowest BCUT2D eigenvalue weighted by atomic mass is 9.89. The second-order valence-electron chi connectivity index (χ2n) is 5.79. The molecule has 1 aromatic rings. The van der Waals surface area contributed by atoms with E-state index in [-0.39, 0.29) is 5.54 Å². The Bertz CT molecular complexity index is 454. The summed E-state index contributed by atoms with van der Waals surface area (Å²) in [5.74, 6) is 1.25. The fraction of sp³-hybridized carbons (Fsp3) is 0.562. The summed E-state index contributed by atoms with van der Waals surface area (Å²) in [4.78, 5) is 13.9. The van der Waals surface area contributed by atoms with Crippen LogP contribution >= 0.6 is 0 Å². The van der Waals surface area contributed by atoms with Crippen molar-refractivity contribution in [3.05, 3.63) is 29.8 Å². The molecule has 0 atom stereocenters. The van der Waals surface area contributed by atoms with E-state index in [4.69, 9.17) is 4.74 Å². The largest absolute Gasteiger partial charge is 0.494 e. The minimum absolute atomic E-state index is 0.0928. The summed E-state index contributed by atoms with van der Waals surface area (Å²) in [6.07, 6.45) is 1.65. The molecule has 3 heteroatoms. The van der Waals surface area contributed by atoms with Crippen LogP contribution in [0.4, 0.5) is 0 Å². The molecule has 1 saturated heterocycles. The summed E-state index contributed by atoms with van der Waals surface area (Å²) in [5.41, 5.74) is 1.30. The zero-order valence-corrected chi connectivity index (χ0v) is 12.1. The van der Waals surface area contributed by atoms with Crippen molar-refractivity contribution in [2.75, 3.05) is 13.2 Å². The molecule has 0 aromatic heterocycles. The third-order valence-electron chi connectivity index (χ3n) is 3.82. The number of Topliss-reactive ketones (excluding diaryl/α,β-unsaturated/α-hetero) is 1. The van der Waals surface area contributed by atoms with Crippen LogP contribution in [0.1, 0.15) is 39.2 Å². The van der Waals surface area contributed by atoms with Crippen LogP contribution in [-0.4, -0.2) is 29.4 Å². The van der Waals surface area contributed by atoms with Crippen LogP contribution in [-0.2, 0) is 11.3 Å². The third-order valence-corrected chi connectivity index (χ3v) is 3.82. The number of piperidine rings is 1. The molecule has 1 aromatic carbocycles. The van der Waals surface area contributed by atoms with Gasteiger partial charge in [0.25, 0.3) is 0 Å². The zero-order chi connectivity index (χ0) is 13.9. The fourth-order valence-corrected chi connectivity index (χ4v) is 2.50. The quantitative estimate of drug-likeness (QED) is 0.834. The van der Waals surface area contributed by atoms with E-state index in [1.54, 1.807) is 0 Å². The molecular weight excluding hydrogens is 238 g/mol. The number of hydrogen-bond donors (Lipinski definition) is 0. The van der Waals surface area contributed by atoms with Crippen LogP contribution in [0, 0.1) is 0 Å². The van der Waals surface area contributed by atoms with Gasteiger partial charge in [-0.25, -0.2) is 0 Å². The van der Waals surface area contributed by atoms with Gasteiger partial charge in [-0.1, -0.05) is 12.1 Å². The minimum Gasteiger partial charge on any atom is -0.494 e. The van der Waals surface area contributed by atoms with Gasteiger partial charge in [0.2, 0.25) is 0 Å². The second-order valence-corrected chi connectivity index (χ2v) is 5.79. The molecular formula is C16H23NO2. The summed E-state index contributed by atoms with van der Waals surface area (Å²) in [6, 6.07) is 8.15. The molecule has 2 rings (SSSR count). The van der Waals surface area contributed by atoms with E-state index in [0.29, 0.717) is 25.4 Å². The lowest BCUT2D eigenvalue weighted by molar-refractivity contribution is -0.126. The van der Waals surface area contributed by atoms with Gasteiger partial charge in [0.05, 0.1) is 13.2 Å². The van der Waals surface area contributed by atoms with E-state index >= 15 is 0 Å². The van der Waals surface area contributed by atoms with Gasteiger partial charge in [-0.05, 0) is 44.9 Å². The van der Waals surface area contributed by atoms with Gasteiger partial charge in [0.15, 0.2) is 0 Å². The highest BCUT2D eigenvalue weighted by atomic mass is 16.5. The van der Waals surface area contributed by atoms with Crippen molar-refractivity contribution in [1.29, 1.82) is 0 Å². The lowest BCUT2D eigenvalue weighted by Gasteiger charge is -2.41. The smallest absolute Gasteiger partial charge is 0.146 e. The monoisotopic (exact) mass is 261 g/mol. The number of benzene rings is 1. The van der Waals surface area contributed by atoms with Gasteiger partial charge in [-0.15, -0.1) is 0 Å². The van der Waals surface area contributed by atoms with Crippen molar-refractivity contribution in [2.24, 2.45) is 0 Å². The summed E-state index contributed by atoms with van der Waals surface area (Å²) in [7, 11) is 0. The van der Waals surface area contributed by atoms with Gasteiger partial charge in [-0.2, -0.15) is 0 Å². The Hall–Kier alpha value is -1.35. The number of hydrogen-bond acceptors (Lipinski definition) is 3. The first kappa shape index (κ1) is 14.1. The van der Waals surface area contributed by atoms with Gasteiger partial charge in [-0.3, -0.25) is 9.69 Å². The summed E-state index contributed by atoms with van der Waals surface area (Å²) < 4.78 is 5.52. The number of carbonyl (C=O) groups is 1. The van der Waals surface area contributed by atoms with Crippen LogP contribution < -0.4 is 4.74 Å². The Labute approximate surface area is 115 Å². The molecule has 19 heavy (non-hydrogen) atoms. The van der Waals surface area contributed by atoms with E-state index < -0.39 is 0 Å². The minimum atomic E-state index is 0.0928. The van der Waals surface area contributed by atoms with Gasteiger partial charge in [0.1, 0.15) is 11.5 Å². The summed E-state index contributed by atoms with van der Waals surface area (Å²) >= 11 is 0. The Kier molecular flexibility index (Phi) is 4.25. The van der Waals surface area contributed by atoms with Crippen molar-refractivity contribution in [3.8, 4) is 5.75 Å². The highest BCUT2D eigenvalue weighted by molar-refractivity contribution is 5.81. The summed E-state index contributed by atoms with van der Waals surface area (Å²) in [5, 5.41) is 0. The SMILES string of the molecule is CCOc1cccc(CN2CC(=O)CCC2(C)C)c1. The highest BCUT2D eigenvalue weighted by Gasteiger charge is 2.33. The molecule has 1 aliphatic heterocycles. The van der Waals surface area contributed by atoms with Crippen molar-refractivity contribution >= 4 is 5.78 Å². The fourth-order valence-electron chi connectivity index (χ4n) is 2.50. The molecule has 104 valence electrons. The Morgan fingerprint density at radius 3 is 2.89 bits per heavy atom. The zero-order valence-electron chi connectivity index (χ0n) is 12.1. The Morgan fingerprint density at radius 2 is 2.16 bits per heavy atom. The normalized spacial score (nSPS) is 19.4. The maximum atomic E-state index is 11.7. The number of likely N-dealkylation sites (tertiary alicyclic amines) is 1. The van der Waals surface area contributed by atoms with Crippen molar-refractivity contribution in [3.63, 3.8) is 0 Å². The number of nitrogens with zero attached hydrogens (tertiary/aromatic N) is 1. The molecule has 3 nitrogen and oxygen atoms in total. The van der Waals surface area contributed by atoms with E-state index in [2.05, 4.69) is 30.9 Å². The van der Waals surface area contributed by atoms with Gasteiger partial charge in [0, 0.05) is 18.5 Å². The average molecular weight is 261 g/mol. The number of carbonyl (C=O) groups excluding carboxylic acids is 1. The maximum Gasteiger partial charge on any atom is 0.146 e. The first-order valence-corrected chi connectivity index (χ1v) is 7.00. The molecule has 0 amide bonds. The molecule has 0 unspecified atom stereocenters. The molecule has 1 heterocycles. The second kappa shape index (κ2) is 5.74. The molecule has 0 saturated carbocycles. The molecule has 1 aliphatic rings. The van der Waals surface area contributed by atoms with Crippen LogP contribution in [0.15, 0.2) is 24.3 Å². The topological polar surface area (TPSA) is 29.5 Å². The van der Waals surface area contributed by atoms with Crippen LogP contribution in [0.3, 0.4) is 0 Å². The Balaban J connectivity index is 2.10. The molecule has 0 N–H and O–H groups in total. The average Bonchev–Trinajstić information content (AvgIpc) is 2.35. The van der Waals surface area contributed by atoms with E-state index in [9.17, 15) is 4.79 Å². The van der Waals surface area contributed by atoms with E-state index in [1.165, 1.54) is 5.56 Å². The van der Waals surface area contributed by atoms with E-state index in [1.807, 2.05) is 19.1 Å². The predicted molar refractivity (Wildman–Crippen MR) is 76.3 cm³/mol. The van der Waals surface area contributed by atoms with Crippen LogP contribution in [0.25, 0.3) is 0 Å². The standard InChI is InChI=1S/C16H23NO2/c1-4-19-15-7-5-6-13(10-15)11-17-12-14(18)8-9-16(17,2)3/h5-7,10H,4,8-9,11-12H2,1-3H3. The molecule has 0 radical (unpaired) electrons. The first-order chi connectivity index (χ1) is 9.01. The van der Waals surface area contributed by atoms with Crippen molar-refractivity contribution < 1.29 is 9.53 Å². The molecule has 0 bridgehead atoms. The van der Waals surface area contributed by atoms with Crippen LogP contribution in [0.5, 0.6) is 5.75 Å². The number of rotatable bonds is 4. The third kappa shape index (κ3) is 3.57. The van der Waals surface area contributed by atoms with Crippen molar-refractivity contribution in [2.45, 2.75) is 45.7 Å². The lowest BCUT2D eigenvalue weighted by Crippen LogP contribution is -2.50. The van der Waals surface area contributed by atoms with Gasteiger partial charge >= 0.3 is 0 Å². The van der Waals surface area contributed by atoms with E-state index in [0.717, 1.165) is 18.7 Å². The molecule has 1 fully saturated rings. The van der Waals surface area contributed by atoms with Crippen LogP contribution in [0.2, 0.25) is 0 Å². The maximum absolute atomic E-state index is 11.7. The van der Waals surface area contributed by atoms with Gasteiger partial charge < -0.3 is 4.74 Å². The number of ether oxygens (including phenoxy) is 1. The number of ketones is 1. The highest BCUT2D eigenvalue weighted by Crippen LogP contribution is 2.28. The van der Waals surface area contributed by atoms with Crippen molar-refractivity contribution in [1.82, 2.24) is 4.90 Å². The Morgan fingerprint density at radius 1 is 1.37 bits per heavy atom. The molecule has 0 aliphatic carbocycles. The summed E-state index contributed by atoms with van der Waals surface area (Å²) in [6.45, 7) is 8.46. The first-order valence-electron chi connectivity index (χ1n) is 7.00. The predicted octanol–water partition coefficient (Wildman–Crippen LogP) is 3.03. The molecule has 0 spiro atoms.